The van der Waals surface area contributed by atoms with Gasteiger partial charge in [-0.2, -0.15) is 0 Å². The van der Waals surface area contributed by atoms with Crippen molar-refractivity contribution in [3.63, 3.8) is 0 Å². The predicted octanol–water partition coefficient (Wildman–Crippen LogP) is 3.33. The number of anilines is 3. The Morgan fingerprint density at radius 3 is 2.32 bits per heavy atom. The van der Waals surface area contributed by atoms with E-state index in [4.69, 9.17) is 0 Å². The first-order chi connectivity index (χ1) is 13.4. The summed E-state index contributed by atoms with van der Waals surface area (Å²) in [7, 11) is 0. The molecule has 28 heavy (non-hydrogen) atoms. The minimum atomic E-state index is -0.688. The van der Waals surface area contributed by atoms with Crippen LogP contribution < -0.4 is 16.2 Å². The third-order valence-electron chi connectivity index (χ3n) is 3.72. The minimum absolute atomic E-state index is 0.112. The van der Waals surface area contributed by atoms with Gasteiger partial charge in [-0.25, -0.2) is 14.4 Å². The van der Waals surface area contributed by atoms with Gasteiger partial charge in [0, 0.05) is 11.3 Å². The molecule has 0 unspecified atom stereocenters. The van der Waals surface area contributed by atoms with Crippen molar-refractivity contribution in [3.8, 4) is 0 Å². The van der Waals surface area contributed by atoms with Crippen LogP contribution in [0.2, 0.25) is 0 Å². The Labute approximate surface area is 158 Å². The van der Waals surface area contributed by atoms with Gasteiger partial charge in [-0.3, -0.25) is 25.8 Å². The van der Waals surface area contributed by atoms with Gasteiger partial charge in [0.05, 0.1) is 4.92 Å². The highest BCUT2D eigenvalue weighted by Crippen LogP contribution is 2.30. The molecule has 1 aromatic heterocycles. The van der Waals surface area contributed by atoms with Gasteiger partial charge in [0.1, 0.15) is 12.1 Å². The number of carbonyl (C=O) groups excluding carboxylic acids is 1. The largest absolute Gasteiger partial charge is 0.355 e. The first-order valence-corrected chi connectivity index (χ1v) is 8.09. The fourth-order valence-corrected chi connectivity index (χ4v) is 2.30. The molecule has 0 atom stereocenters. The molecule has 0 aliphatic rings. The molecule has 0 spiro atoms. The van der Waals surface area contributed by atoms with Crippen LogP contribution in [-0.2, 0) is 0 Å². The van der Waals surface area contributed by atoms with E-state index in [1.807, 2.05) is 6.92 Å². The zero-order chi connectivity index (χ0) is 20.1. The van der Waals surface area contributed by atoms with E-state index in [2.05, 4.69) is 26.1 Å². The van der Waals surface area contributed by atoms with E-state index >= 15 is 0 Å². The molecule has 1 amide bonds. The van der Waals surface area contributed by atoms with Crippen molar-refractivity contribution in [1.82, 2.24) is 15.4 Å². The van der Waals surface area contributed by atoms with Gasteiger partial charge in [-0.15, -0.1) is 0 Å². The molecule has 142 valence electrons. The zero-order valence-corrected chi connectivity index (χ0v) is 14.6. The maximum atomic E-state index is 13.0. The fraction of sp³-hybridized carbons (Fsp3) is 0.0556. The van der Waals surface area contributed by atoms with Crippen LogP contribution in [0.25, 0.3) is 0 Å². The van der Waals surface area contributed by atoms with Crippen LogP contribution in [0.3, 0.4) is 0 Å². The second-order valence-corrected chi connectivity index (χ2v) is 5.75. The number of halogens is 1. The summed E-state index contributed by atoms with van der Waals surface area (Å²) in [6.45, 7) is 1.89. The number of carbonyl (C=O) groups is 1. The Bertz CT molecular complexity index is 1010. The van der Waals surface area contributed by atoms with Gasteiger partial charge in [0.25, 0.3) is 5.91 Å². The average Bonchev–Trinajstić information content (AvgIpc) is 2.68. The number of nitrogens with zero attached hydrogens (tertiary/aromatic N) is 3. The van der Waals surface area contributed by atoms with E-state index in [1.54, 1.807) is 24.3 Å². The number of aryl methyl sites for hydroxylation is 1. The van der Waals surface area contributed by atoms with Crippen molar-refractivity contribution in [1.29, 1.82) is 0 Å². The van der Waals surface area contributed by atoms with E-state index < -0.39 is 22.3 Å². The van der Waals surface area contributed by atoms with Crippen LogP contribution in [-0.4, -0.2) is 20.8 Å². The molecule has 9 nitrogen and oxygen atoms in total. The molecule has 3 aromatic rings. The minimum Gasteiger partial charge on any atom is -0.334 e. The van der Waals surface area contributed by atoms with Crippen molar-refractivity contribution in [2.24, 2.45) is 0 Å². The Kier molecular flexibility index (Phi) is 5.40. The fourth-order valence-electron chi connectivity index (χ4n) is 2.30. The normalized spacial score (nSPS) is 10.2. The molecular weight excluding hydrogens is 367 g/mol. The quantitative estimate of drug-likeness (QED) is 0.441. The summed E-state index contributed by atoms with van der Waals surface area (Å²) in [6, 6.07) is 12.0. The Morgan fingerprint density at radius 1 is 1.04 bits per heavy atom. The number of benzene rings is 2. The van der Waals surface area contributed by atoms with Crippen molar-refractivity contribution in [2.45, 2.75) is 6.92 Å². The Morgan fingerprint density at radius 2 is 1.68 bits per heavy atom. The molecule has 10 heteroatoms. The number of rotatable bonds is 6. The maximum absolute atomic E-state index is 13.0. The lowest BCUT2D eigenvalue weighted by atomic mass is 10.1. The molecular formula is C18H15FN6O3. The van der Waals surface area contributed by atoms with Gasteiger partial charge >= 0.3 is 5.69 Å². The van der Waals surface area contributed by atoms with E-state index in [0.717, 1.165) is 11.9 Å². The van der Waals surface area contributed by atoms with Crippen LogP contribution in [0.5, 0.6) is 0 Å². The average molecular weight is 382 g/mol. The van der Waals surface area contributed by atoms with Gasteiger partial charge in [0.2, 0.25) is 11.6 Å². The zero-order valence-electron chi connectivity index (χ0n) is 14.6. The third-order valence-corrected chi connectivity index (χ3v) is 3.72. The lowest BCUT2D eigenvalue weighted by molar-refractivity contribution is -0.383. The maximum Gasteiger partial charge on any atom is 0.355 e. The number of hydrogen-bond acceptors (Lipinski definition) is 7. The highest BCUT2D eigenvalue weighted by Gasteiger charge is 2.23. The summed E-state index contributed by atoms with van der Waals surface area (Å²) in [5.41, 5.74) is 6.11. The molecule has 1 heterocycles. The molecule has 0 saturated heterocycles. The van der Waals surface area contributed by atoms with Gasteiger partial charge < -0.3 is 5.32 Å². The van der Waals surface area contributed by atoms with E-state index in [1.165, 1.54) is 24.3 Å². The number of nitrogens with one attached hydrogen (secondary N) is 3. The van der Waals surface area contributed by atoms with E-state index in [9.17, 15) is 19.3 Å². The second kappa shape index (κ2) is 8.08. The van der Waals surface area contributed by atoms with Crippen LogP contribution in [0.1, 0.15) is 15.9 Å². The number of hydrazine groups is 1. The molecule has 3 rings (SSSR count). The summed E-state index contributed by atoms with van der Waals surface area (Å²) >= 11 is 0. The van der Waals surface area contributed by atoms with Crippen LogP contribution in [0.4, 0.5) is 27.4 Å². The molecule has 0 fully saturated rings. The SMILES string of the molecule is Cc1ccc(C(=O)NNc2ncnc(Nc3ccc(F)cc3)c2[N+](=O)[O-])cc1. The van der Waals surface area contributed by atoms with Crippen LogP contribution in [0, 0.1) is 22.9 Å². The summed E-state index contributed by atoms with van der Waals surface area (Å²) in [5, 5.41) is 14.2. The summed E-state index contributed by atoms with van der Waals surface area (Å²) in [6.07, 6.45) is 1.10. The Hall–Kier alpha value is -4.08. The molecule has 2 aromatic carbocycles. The smallest absolute Gasteiger partial charge is 0.334 e. The lowest BCUT2D eigenvalue weighted by Crippen LogP contribution is -2.30. The van der Waals surface area contributed by atoms with Gasteiger partial charge in [0.15, 0.2) is 0 Å². The molecule has 0 aliphatic carbocycles. The predicted molar refractivity (Wildman–Crippen MR) is 101 cm³/mol. The summed E-state index contributed by atoms with van der Waals surface area (Å²) in [4.78, 5) is 30.7. The first-order valence-electron chi connectivity index (χ1n) is 8.09. The number of aromatic nitrogens is 2. The molecule has 0 radical (unpaired) electrons. The van der Waals surface area contributed by atoms with Crippen molar-refractivity contribution >= 4 is 28.9 Å². The summed E-state index contributed by atoms with van der Waals surface area (Å²) < 4.78 is 13.0. The van der Waals surface area contributed by atoms with Gasteiger partial charge in [-0.05, 0) is 43.3 Å². The third kappa shape index (κ3) is 4.36. The standard InChI is InChI=1S/C18H15FN6O3/c1-11-2-4-12(5-3-11)18(26)24-23-17-15(25(27)28)16(20-10-21-17)22-14-8-6-13(19)7-9-14/h2-10H,1H3,(H,24,26)(H2,20,21,22,23). The number of nitro groups is 1. The lowest BCUT2D eigenvalue weighted by Gasteiger charge is -2.11. The molecule has 0 aliphatic heterocycles. The van der Waals surface area contributed by atoms with Crippen molar-refractivity contribution in [3.05, 3.63) is 81.9 Å². The monoisotopic (exact) mass is 382 g/mol. The van der Waals surface area contributed by atoms with E-state index in [0.29, 0.717) is 11.3 Å². The van der Waals surface area contributed by atoms with Gasteiger partial charge in [-0.1, -0.05) is 17.7 Å². The van der Waals surface area contributed by atoms with Crippen LogP contribution in [0.15, 0.2) is 54.9 Å². The number of amides is 1. The number of hydrogen-bond donors (Lipinski definition) is 3. The second-order valence-electron chi connectivity index (χ2n) is 5.75. The molecule has 3 N–H and O–H groups in total. The molecule has 0 bridgehead atoms. The highest BCUT2D eigenvalue weighted by atomic mass is 19.1. The van der Waals surface area contributed by atoms with Crippen molar-refractivity contribution in [2.75, 3.05) is 10.7 Å². The molecule has 0 saturated carbocycles. The topological polar surface area (TPSA) is 122 Å². The van der Waals surface area contributed by atoms with E-state index in [-0.39, 0.29) is 11.6 Å². The van der Waals surface area contributed by atoms with Crippen LogP contribution >= 0.6 is 0 Å². The first kappa shape index (κ1) is 18.7. The summed E-state index contributed by atoms with van der Waals surface area (Å²) in [5.74, 6) is -1.24. The Balaban J connectivity index is 1.80. The highest BCUT2D eigenvalue weighted by molar-refractivity contribution is 5.95. The van der Waals surface area contributed by atoms with Crippen molar-refractivity contribution < 1.29 is 14.1 Å².